The quantitative estimate of drug-likeness (QED) is 0.205. The molecule has 0 aromatic rings. The number of hydrogen-bond donors (Lipinski definition) is 9. The summed E-state index contributed by atoms with van der Waals surface area (Å²) in [5, 5.41) is 75.1. The monoisotopic (exact) mass is 318 g/mol. The maximum Gasteiger partial charge on any atom is 0.151 e. The number of rotatable bonds is 7. The minimum absolute atomic E-state index is 0.0258. The molecule has 0 rings (SSSR count). The van der Waals surface area contributed by atoms with Gasteiger partial charge in [0.1, 0.15) is 30.5 Å². The molecule has 0 aliphatic rings. The van der Waals surface area contributed by atoms with E-state index >= 15 is 0 Å². The van der Waals surface area contributed by atoms with Crippen molar-refractivity contribution < 1.29 is 50.8 Å². The van der Waals surface area contributed by atoms with Crippen molar-refractivity contribution in [1.82, 2.24) is 0 Å². The molecule has 0 saturated carbocycles. The van der Waals surface area contributed by atoms with Gasteiger partial charge in [0, 0.05) is 6.61 Å². The molecule has 4 atom stereocenters. The van der Waals surface area contributed by atoms with Crippen LogP contribution in [0.2, 0.25) is 0 Å². The predicted molar refractivity (Wildman–Crippen MR) is 70.1 cm³/mol. The molecule has 0 bridgehead atoms. The van der Waals surface area contributed by atoms with Gasteiger partial charge in [0.25, 0.3) is 0 Å². The van der Waals surface area contributed by atoms with Gasteiger partial charge in [-0.3, -0.25) is 0 Å². The van der Waals surface area contributed by atoms with Crippen molar-refractivity contribution >= 4 is 6.29 Å². The normalized spacial score (nSPS) is 15.8. The molecule has 0 aliphatic heterocycles. The number of hydrogen-bond acceptors (Lipinski definition) is 10. The first kappa shape index (κ1) is 25.3. The molecule has 0 aromatic heterocycles. The molecular weight excluding hydrogens is 292 g/mol. The highest BCUT2D eigenvalue weighted by Gasteiger charge is 2.29. The first-order chi connectivity index (χ1) is 9.76. The van der Waals surface area contributed by atoms with Crippen LogP contribution in [0.3, 0.4) is 0 Å². The molecule has 0 aromatic carbocycles. The fourth-order valence-electron chi connectivity index (χ4n) is 0.676. The zero-order chi connectivity index (χ0) is 17.4. The smallest absolute Gasteiger partial charge is 0.151 e. The van der Waals surface area contributed by atoms with Gasteiger partial charge in [-0.2, -0.15) is 0 Å². The van der Waals surface area contributed by atoms with Crippen molar-refractivity contribution in [3.63, 3.8) is 0 Å². The number of aliphatic hydroxyl groups is 9. The van der Waals surface area contributed by atoms with Gasteiger partial charge >= 0.3 is 0 Å². The van der Waals surface area contributed by atoms with E-state index in [1.165, 1.54) is 0 Å². The fourth-order valence-corrected chi connectivity index (χ4v) is 0.676. The Morgan fingerprint density at radius 3 is 1.38 bits per heavy atom. The molecule has 10 heteroatoms. The van der Waals surface area contributed by atoms with E-state index in [-0.39, 0.29) is 26.1 Å². The molecule has 0 spiro atoms. The van der Waals surface area contributed by atoms with Crippen LogP contribution in [0.15, 0.2) is 0 Å². The van der Waals surface area contributed by atoms with E-state index in [0.29, 0.717) is 0 Å². The number of aldehydes is 1. The molecule has 0 radical (unpaired) electrons. The third kappa shape index (κ3) is 15.5. The SMILES string of the molecule is CCO.O=C[C@H](O)[C@@H](O)[C@@H](O)[C@H](O)CO.OCC(O)CO. The van der Waals surface area contributed by atoms with E-state index in [1.54, 1.807) is 6.92 Å². The van der Waals surface area contributed by atoms with Crippen LogP contribution in [0, 0.1) is 0 Å². The van der Waals surface area contributed by atoms with Crippen LogP contribution in [0.5, 0.6) is 0 Å². The van der Waals surface area contributed by atoms with Crippen molar-refractivity contribution in [3.05, 3.63) is 0 Å². The fraction of sp³-hybridized carbons (Fsp3) is 0.909. The third-order valence-electron chi connectivity index (χ3n) is 1.84. The second kappa shape index (κ2) is 17.4. The highest BCUT2D eigenvalue weighted by Crippen LogP contribution is 2.02. The van der Waals surface area contributed by atoms with Crippen LogP contribution >= 0.6 is 0 Å². The summed E-state index contributed by atoms with van der Waals surface area (Å²) in [5.74, 6) is 0. The standard InChI is InChI=1S/C6H12O6.C3H8O3.C2H6O/c7-1-3(9)5(11)6(12)4(10)2-8;4-1-3(6)2-5;1-2-3/h1,3-6,8-12H,2H2;3-6H,1-2H2;3H,2H2,1H3/t3-,4+,5+,6-;;/m0../s1. The first-order valence-corrected chi connectivity index (χ1v) is 6.06. The summed E-state index contributed by atoms with van der Waals surface area (Å²) in [6, 6.07) is 0. The maximum atomic E-state index is 9.90. The summed E-state index contributed by atoms with van der Waals surface area (Å²) < 4.78 is 0. The van der Waals surface area contributed by atoms with Gasteiger partial charge < -0.3 is 50.8 Å². The van der Waals surface area contributed by atoms with Crippen LogP contribution < -0.4 is 0 Å². The molecule has 10 nitrogen and oxygen atoms in total. The Kier molecular flexibility index (Phi) is 20.9. The predicted octanol–water partition coefficient (Wildman–Crippen LogP) is -5.05. The van der Waals surface area contributed by atoms with Crippen LogP contribution in [0.25, 0.3) is 0 Å². The van der Waals surface area contributed by atoms with E-state index < -0.39 is 37.1 Å². The molecule has 0 amide bonds. The molecule has 0 saturated heterocycles. The summed E-state index contributed by atoms with van der Waals surface area (Å²) >= 11 is 0. The zero-order valence-corrected chi connectivity index (χ0v) is 11.7. The van der Waals surface area contributed by atoms with E-state index in [1.807, 2.05) is 0 Å². The summed E-state index contributed by atoms with van der Waals surface area (Å²) in [6.45, 7) is 0.441. The first-order valence-electron chi connectivity index (χ1n) is 6.06. The van der Waals surface area contributed by atoms with Gasteiger partial charge in [0.15, 0.2) is 6.29 Å². The Morgan fingerprint density at radius 2 is 1.19 bits per heavy atom. The van der Waals surface area contributed by atoms with Crippen LogP contribution in [0.4, 0.5) is 0 Å². The molecule has 0 unspecified atom stereocenters. The second-order valence-electron chi connectivity index (χ2n) is 3.69. The minimum atomic E-state index is -1.79. The molecule has 0 aliphatic carbocycles. The third-order valence-corrected chi connectivity index (χ3v) is 1.84. The van der Waals surface area contributed by atoms with E-state index in [0.717, 1.165) is 0 Å². The summed E-state index contributed by atoms with van der Waals surface area (Å²) in [7, 11) is 0. The minimum Gasteiger partial charge on any atom is -0.397 e. The largest absolute Gasteiger partial charge is 0.397 e. The van der Waals surface area contributed by atoms with E-state index in [9.17, 15) is 4.79 Å². The topological polar surface area (TPSA) is 199 Å². The summed E-state index contributed by atoms with van der Waals surface area (Å²) in [6.07, 6.45) is -7.79. The van der Waals surface area contributed by atoms with Gasteiger partial charge in [0.2, 0.25) is 0 Å². The lowest BCUT2D eigenvalue weighted by Gasteiger charge is -2.22. The Hall–Kier alpha value is -0.690. The van der Waals surface area contributed by atoms with Gasteiger partial charge in [-0.05, 0) is 6.92 Å². The molecule has 130 valence electrons. The highest BCUT2D eigenvalue weighted by molar-refractivity contribution is 5.56. The van der Waals surface area contributed by atoms with Crippen LogP contribution in [0.1, 0.15) is 6.92 Å². The van der Waals surface area contributed by atoms with Crippen molar-refractivity contribution in [2.45, 2.75) is 37.4 Å². The lowest BCUT2D eigenvalue weighted by atomic mass is 10.0. The number of carbonyl (C=O) groups excluding carboxylic acids is 1. The van der Waals surface area contributed by atoms with E-state index in [4.69, 9.17) is 46.0 Å². The molecule has 0 heterocycles. The van der Waals surface area contributed by atoms with Crippen molar-refractivity contribution in [2.24, 2.45) is 0 Å². The summed E-state index contributed by atoms with van der Waals surface area (Å²) in [5.41, 5.74) is 0. The second-order valence-corrected chi connectivity index (χ2v) is 3.69. The average Bonchev–Trinajstić information content (AvgIpc) is 2.52. The Bertz CT molecular complexity index is 211. The zero-order valence-electron chi connectivity index (χ0n) is 11.7. The molecule has 0 fully saturated rings. The van der Waals surface area contributed by atoms with Gasteiger partial charge in [0.05, 0.1) is 19.8 Å². The van der Waals surface area contributed by atoms with E-state index in [2.05, 4.69) is 0 Å². The Balaban J connectivity index is -0.000000300. The van der Waals surface area contributed by atoms with Gasteiger partial charge in [-0.15, -0.1) is 0 Å². The van der Waals surface area contributed by atoms with Gasteiger partial charge in [-0.1, -0.05) is 0 Å². The van der Waals surface area contributed by atoms with Crippen molar-refractivity contribution in [3.8, 4) is 0 Å². The van der Waals surface area contributed by atoms with Gasteiger partial charge in [-0.25, -0.2) is 0 Å². The van der Waals surface area contributed by atoms with Crippen molar-refractivity contribution in [2.75, 3.05) is 26.4 Å². The maximum absolute atomic E-state index is 9.90. The van der Waals surface area contributed by atoms with Crippen molar-refractivity contribution in [1.29, 1.82) is 0 Å². The number of carbonyl (C=O) groups is 1. The molecular formula is C11H26O10. The average molecular weight is 318 g/mol. The highest BCUT2D eigenvalue weighted by atomic mass is 16.4. The Labute approximate surface area is 122 Å². The molecule has 9 N–H and O–H groups in total. The van der Waals surface area contributed by atoms with Crippen LogP contribution in [-0.4, -0.2) is 109 Å². The number of aliphatic hydroxyl groups excluding tert-OH is 9. The van der Waals surface area contributed by atoms with Crippen LogP contribution in [-0.2, 0) is 4.79 Å². The molecule has 21 heavy (non-hydrogen) atoms. The summed E-state index contributed by atoms with van der Waals surface area (Å²) in [4.78, 5) is 9.90. The lowest BCUT2D eigenvalue weighted by Crippen LogP contribution is -2.46. The lowest BCUT2D eigenvalue weighted by molar-refractivity contribution is -0.136. The Morgan fingerprint density at radius 1 is 0.810 bits per heavy atom.